The summed E-state index contributed by atoms with van der Waals surface area (Å²) in [5.74, 6) is 0. The average Bonchev–Trinajstić information content (AvgIpc) is 2.01. The highest BCUT2D eigenvalue weighted by Crippen LogP contribution is 2.25. The van der Waals surface area contributed by atoms with Crippen LogP contribution in [0, 0.1) is 0 Å². The first kappa shape index (κ1) is 11.5. The van der Waals surface area contributed by atoms with Crippen molar-refractivity contribution < 1.29 is 5.11 Å². The Morgan fingerprint density at radius 1 is 1.43 bits per heavy atom. The Morgan fingerprint density at radius 2 is 2.07 bits per heavy atom. The summed E-state index contributed by atoms with van der Waals surface area (Å²) in [6, 6.07) is 7.72. The van der Waals surface area contributed by atoms with Gasteiger partial charge in [-0.05, 0) is 38.5 Å². The van der Waals surface area contributed by atoms with E-state index < -0.39 is 5.60 Å². The van der Waals surface area contributed by atoms with Gasteiger partial charge in [0.05, 0.1) is 0 Å². The van der Waals surface area contributed by atoms with Crippen LogP contribution < -0.4 is 0 Å². The van der Waals surface area contributed by atoms with Gasteiger partial charge in [-0.3, -0.25) is 0 Å². The molecule has 0 saturated carbocycles. The Balaban J connectivity index is 3.09. The summed E-state index contributed by atoms with van der Waals surface area (Å²) in [7, 11) is 0. The van der Waals surface area contributed by atoms with Crippen molar-refractivity contribution in [3.63, 3.8) is 0 Å². The van der Waals surface area contributed by atoms with Crippen molar-refractivity contribution in [1.82, 2.24) is 0 Å². The molecule has 0 saturated heterocycles. The van der Waals surface area contributed by atoms with Gasteiger partial charge in [-0.15, -0.1) is 0 Å². The van der Waals surface area contributed by atoms with Gasteiger partial charge in [0.25, 0.3) is 0 Å². The second-order valence-corrected chi connectivity index (χ2v) is 4.80. The Kier molecular flexibility index (Phi) is 3.51. The van der Waals surface area contributed by atoms with Crippen LogP contribution in [0.25, 0.3) is 0 Å². The lowest BCUT2D eigenvalue weighted by atomic mass is 9.94. The molecule has 1 aromatic rings. The van der Waals surface area contributed by atoms with Crippen LogP contribution in [-0.4, -0.2) is 5.11 Å². The van der Waals surface area contributed by atoms with E-state index in [0.717, 1.165) is 15.6 Å². The van der Waals surface area contributed by atoms with Crippen LogP contribution in [0.3, 0.4) is 0 Å². The first-order chi connectivity index (χ1) is 6.42. The summed E-state index contributed by atoms with van der Waals surface area (Å²) in [5, 5.41) is 10.2. The summed E-state index contributed by atoms with van der Waals surface area (Å²) >= 11 is 3.39. The van der Waals surface area contributed by atoms with Gasteiger partial charge in [0.1, 0.15) is 5.60 Å². The van der Waals surface area contributed by atoms with Crippen LogP contribution in [0.1, 0.15) is 26.3 Å². The maximum absolute atomic E-state index is 10.2. The molecule has 0 aliphatic carbocycles. The van der Waals surface area contributed by atoms with E-state index in [0.29, 0.717) is 0 Å². The van der Waals surface area contributed by atoms with Crippen LogP contribution in [0.2, 0.25) is 0 Å². The van der Waals surface area contributed by atoms with Crippen molar-refractivity contribution in [3.8, 4) is 0 Å². The molecule has 14 heavy (non-hydrogen) atoms. The lowest BCUT2D eigenvalue weighted by Gasteiger charge is -2.20. The molecule has 0 aliphatic rings. The predicted octanol–water partition coefficient (Wildman–Crippen LogP) is 3.62. The van der Waals surface area contributed by atoms with E-state index in [1.165, 1.54) is 0 Å². The number of hydrogen-bond acceptors (Lipinski definition) is 1. The molecule has 76 valence electrons. The summed E-state index contributed by atoms with van der Waals surface area (Å²) in [6.07, 6.45) is 1.86. The molecule has 0 spiro atoms. The quantitative estimate of drug-likeness (QED) is 0.800. The molecule has 1 aromatic carbocycles. The van der Waals surface area contributed by atoms with Gasteiger partial charge in [0, 0.05) is 4.47 Å². The minimum absolute atomic E-state index is 0.886. The highest BCUT2D eigenvalue weighted by molar-refractivity contribution is 9.10. The second-order valence-electron chi connectivity index (χ2n) is 3.88. The standard InChI is InChI=1S/C12H15BrO/c1-9(2)8-12(3,14)10-5-4-6-11(13)7-10/h4-8,14H,1-3H3. The Bertz CT molecular complexity index is 349. The molecule has 2 heteroatoms. The van der Waals surface area contributed by atoms with Crippen molar-refractivity contribution in [1.29, 1.82) is 0 Å². The smallest absolute Gasteiger partial charge is 0.105 e. The molecule has 1 atom stereocenters. The first-order valence-electron chi connectivity index (χ1n) is 4.56. The third kappa shape index (κ3) is 2.96. The largest absolute Gasteiger partial charge is 0.381 e. The van der Waals surface area contributed by atoms with Gasteiger partial charge in [0.15, 0.2) is 0 Å². The zero-order chi connectivity index (χ0) is 10.8. The molecular weight excluding hydrogens is 240 g/mol. The molecule has 1 N–H and O–H groups in total. The fourth-order valence-corrected chi connectivity index (χ4v) is 1.85. The summed E-state index contributed by atoms with van der Waals surface area (Å²) in [6.45, 7) is 5.75. The summed E-state index contributed by atoms with van der Waals surface area (Å²) < 4.78 is 0.984. The van der Waals surface area contributed by atoms with E-state index in [1.54, 1.807) is 6.92 Å². The van der Waals surface area contributed by atoms with E-state index in [9.17, 15) is 5.11 Å². The van der Waals surface area contributed by atoms with Crippen LogP contribution in [-0.2, 0) is 5.60 Å². The Morgan fingerprint density at radius 3 is 2.57 bits per heavy atom. The summed E-state index contributed by atoms with van der Waals surface area (Å²) in [4.78, 5) is 0. The molecule has 1 unspecified atom stereocenters. The van der Waals surface area contributed by atoms with Crippen LogP contribution in [0.5, 0.6) is 0 Å². The number of hydrogen-bond donors (Lipinski definition) is 1. The van der Waals surface area contributed by atoms with E-state index >= 15 is 0 Å². The van der Waals surface area contributed by atoms with Gasteiger partial charge in [-0.25, -0.2) is 0 Å². The lowest BCUT2D eigenvalue weighted by Crippen LogP contribution is -2.18. The second kappa shape index (κ2) is 4.28. The van der Waals surface area contributed by atoms with Crippen molar-refractivity contribution in [3.05, 3.63) is 46.0 Å². The number of halogens is 1. The van der Waals surface area contributed by atoms with E-state index in [4.69, 9.17) is 0 Å². The van der Waals surface area contributed by atoms with Crippen LogP contribution in [0.4, 0.5) is 0 Å². The van der Waals surface area contributed by atoms with Gasteiger partial charge in [0.2, 0.25) is 0 Å². The third-order valence-corrected chi connectivity index (χ3v) is 2.47. The number of allylic oxidation sites excluding steroid dienone is 1. The van der Waals surface area contributed by atoms with Gasteiger partial charge >= 0.3 is 0 Å². The van der Waals surface area contributed by atoms with Crippen molar-refractivity contribution >= 4 is 15.9 Å². The first-order valence-corrected chi connectivity index (χ1v) is 5.35. The molecule has 0 aliphatic heterocycles. The van der Waals surface area contributed by atoms with Crippen molar-refractivity contribution in [2.24, 2.45) is 0 Å². The fourth-order valence-electron chi connectivity index (χ4n) is 1.45. The van der Waals surface area contributed by atoms with Gasteiger partial charge in [-0.1, -0.05) is 39.7 Å². The maximum atomic E-state index is 10.2. The van der Waals surface area contributed by atoms with E-state index in [1.807, 2.05) is 44.2 Å². The number of aliphatic hydroxyl groups is 1. The summed E-state index contributed by atoms with van der Waals surface area (Å²) in [5.41, 5.74) is 1.12. The van der Waals surface area contributed by atoms with Crippen LogP contribution in [0.15, 0.2) is 40.4 Å². The van der Waals surface area contributed by atoms with Crippen molar-refractivity contribution in [2.75, 3.05) is 0 Å². The molecule has 1 nitrogen and oxygen atoms in total. The maximum Gasteiger partial charge on any atom is 0.105 e. The van der Waals surface area contributed by atoms with Gasteiger partial charge in [-0.2, -0.15) is 0 Å². The molecule has 0 aromatic heterocycles. The zero-order valence-electron chi connectivity index (χ0n) is 8.71. The van der Waals surface area contributed by atoms with Gasteiger partial charge < -0.3 is 5.11 Å². The Labute approximate surface area is 93.6 Å². The topological polar surface area (TPSA) is 20.2 Å². The lowest BCUT2D eigenvalue weighted by molar-refractivity contribution is 0.110. The van der Waals surface area contributed by atoms with E-state index in [-0.39, 0.29) is 0 Å². The number of rotatable bonds is 2. The molecule has 0 amide bonds. The number of benzene rings is 1. The minimum Gasteiger partial charge on any atom is -0.381 e. The predicted molar refractivity (Wildman–Crippen MR) is 63.1 cm³/mol. The minimum atomic E-state index is -0.886. The van der Waals surface area contributed by atoms with Crippen molar-refractivity contribution in [2.45, 2.75) is 26.4 Å². The molecule has 0 heterocycles. The highest BCUT2D eigenvalue weighted by Gasteiger charge is 2.19. The fraction of sp³-hybridized carbons (Fsp3) is 0.333. The Hall–Kier alpha value is -0.600. The van der Waals surface area contributed by atoms with E-state index in [2.05, 4.69) is 15.9 Å². The average molecular weight is 255 g/mol. The molecule has 0 radical (unpaired) electrons. The monoisotopic (exact) mass is 254 g/mol. The highest BCUT2D eigenvalue weighted by atomic mass is 79.9. The SMILES string of the molecule is CC(C)=CC(C)(O)c1cccc(Br)c1. The molecule has 0 bridgehead atoms. The molecule has 0 fully saturated rings. The zero-order valence-corrected chi connectivity index (χ0v) is 10.3. The third-order valence-electron chi connectivity index (χ3n) is 1.98. The molecular formula is C12H15BrO. The van der Waals surface area contributed by atoms with Crippen LogP contribution >= 0.6 is 15.9 Å². The molecule has 1 rings (SSSR count). The normalized spacial score (nSPS) is 14.6.